The van der Waals surface area contributed by atoms with Crippen molar-refractivity contribution in [1.29, 1.82) is 0 Å². The van der Waals surface area contributed by atoms with Crippen LogP contribution < -0.4 is 5.32 Å². The molecule has 0 aromatic heterocycles. The predicted octanol–water partition coefficient (Wildman–Crippen LogP) is 2.69. The zero-order valence-electron chi connectivity index (χ0n) is 10.5. The van der Waals surface area contributed by atoms with Crippen LogP contribution >= 0.6 is 11.6 Å². The highest BCUT2D eigenvalue weighted by Crippen LogP contribution is 2.14. The highest BCUT2D eigenvalue weighted by molar-refractivity contribution is 6.30. The fourth-order valence-electron chi connectivity index (χ4n) is 1.82. The van der Waals surface area contributed by atoms with Crippen LogP contribution in [0.15, 0.2) is 18.2 Å². The third-order valence-electron chi connectivity index (χ3n) is 2.40. The summed E-state index contributed by atoms with van der Waals surface area (Å²) >= 11 is 6.01. The molecule has 1 aromatic carbocycles. The number of halogens is 1. The van der Waals surface area contributed by atoms with Crippen LogP contribution in [0.5, 0.6) is 0 Å². The minimum absolute atomic E-state index is 0.481. The molecular formula is C13H21ClN2. The monoisotopic (exact) mass is 240 g/mol. The molecule has 0 spiro atoms. The molecule has 3 heteroatoms. The first kappa shape index (κ1) is 13.5. The van der Waals surface area contributed by atoms with Crippen molar-refractivity contribution in [3.63, 3.8) is 0 Å². The van der Waals surface area contributed by atoms with Crippen LogP contribution in [0.1, 0.15) is 18.1 Å². The zero-order valence-corrected chi connectivity index (χ0v) is 11.3. The molecule has 16 heavy (non-hydrogen) atoms. The highest BCUT2D eigenvalue weighted by Gasteiger charge is 2.03. The second kappa shape index (κ2) is 6.24. The molecule has 0 saturated heterocycles. The molecule has 0 amide bonds. The standard InChI is InChI=1S/C13H21ClN2/c1-10-5-12(7-13(14)6-10)8-15-11(2)9-16(3)4/h5-7,11,15H,8-9H2,1-4H3. The molecule has 2 nitrogen and oxygen atoms in total. The summed E-state index contributed by atoms with van der Waals surface area (Å²) in [7, 11) is 4.17. The maximum absolute atomic E-state index is 6.01. The summed E-state index contributed by atoms with van der Waals surface area (Å²) in [5.74, 6) is 0. The lowest BCUT2D eigenvalue weighted by atomic mass is 10.1. The number of aryl methyl sites for hydroxylation is 1. The number of nitrogens with one attached hydrogen (secondary N) is 1. The molecule has 0 aliphatic rings. The number of hydrogen-bond acceptors (Lipinski definition) is 2. The van der Waals surface area contributed by atoms with Gasteiger partial charge >= 0.3 is 0 Å². The van der Waals surface area contributed by atoms with E-state index in [2.05, 4.69) is 44.2 Å². The second-order valence-corrected chi connectivity index (χ2v) is 5.12. The minimum Gasteiger partial charge on any atom is -0.309 e. The summed E-state index contributed by atoms with van der Waals surface area (Å²) in [5, 5.41) is 4.30. The first-order valence-corrected chi connectivity index (χ1v) is 5.99. The van der Waals surface area contributed by atoms with Crippen molar-refractivity contribution in [2.75, 3.05) is 20.6 Å². The van der Waals surface area contributed by atoms with E-state index in [-0.39, 0.29) is 0 Å². The van der Waals surface area contributed by atoms with Crippen molar-refractivity contribution >= 4 is 11.6 Å². The summed E-state index contributed by atoms with van der Waals surface area (Å²) < 4.78 is 0. The van der Waals surface area contributed by atoms with Gasteiger partial charge in [0.2, 0.25) is 0 Å². The molecule has 1 aromatic rings. The number of rotatable bonds is 5. The number of likely N-dealkylation sites (N-methyl/N-ethyl adjacent to an activating group) is 1. The van der Waals surface area contributed by atoms with E-state index in [1.165, 1.54) is 11.1 Å². The molecule has 1 atom stereocenters. The molecular weight excluding hydrogens is 220 g/mol. The van der Waals surface area contributed by atoms with Gasteiger partial charge in [0.1, 0.15) is 0 Å². The molecule has 0 heterocycles. The molecule has 90 valence electrons. The van der Waals surface area contributed by atoms with E-state index in [1.54, 1.807) is 0 Å². The molecule has 0 fully saturated rings. The lowest BCUT2D eigenvalue weighted by Crippen LogP contribution is -2.35. The average Bonchev–Trinajstić information content (AvgIpc) is 2.12. The van der Waals surface area contributed by atoms with Crippen LogP contribution in [0.4, 0.5) is 0 Å². The van der Waals surface area contributed by atoms with Gasteiger partial charge in [0.15, 0.2) is 0 Å². The average molecular weight is 241 g/mol. The molecule has 1 unspecified atom stereocenters. The number of benzene rings is 1. The molecule has 1 rings (SSSR count). The van der Waals surface area contributed by atoms with E-state index in [1.807, 2.05) is 12.1 Å². The first-order chi connectivity index (χ1) is 7.47. The Bertz CT molecular complexity index is 316. The Kier molecular flexibility index (Phi) is 5.26. The van der Waals surface area contributed by atoms with Gasteiger partial charge in [-0.3, -0.25) is 0 Å². The Morgan fingerprint density at radius 3 is 2.56 bits per heavy atom. The molecule has 0 saturated carbocycles. The minimum atomic E-state index is 0.481. The summed E-state index contributed by atoms with van der Waals surface area (Å²) in [5.41, 5.74) is 2.46. The van der Waals surface area contributed by atoms with E-state index in [9.17, 15) is 0 Å². The van der Waals surface area contributed by atoms with Gasteiger partial charge in [-0.25, -0.2) is 0 Å². The maximum Gasteiger partial charge on any atom is 0.0411 e. The Labute approximate surface area is 104 Å². The van der Waals surface area contributed by atoms with E-state index in [0.29, 0.717) is 6.04 Å². The van der Waals surface area contributed by atoms with Gasteiger partial charge in [0.05, 0.1) is 0 Å². The lowest BCUT2D eigenvalue weighted by molar-refractivity contribution is 0.349. The van der Waals surface area contributed by atoms with Crippen molar-refractivity contribution in [1.82, 2.24) is 10.2 Å². The Morgan fingerprint density at radius 1 is 1.31 bits per heavy atom. The lowest BCUT2D eigenvalue weighted by Gasteiger charge is -2.18. The van der Waals surface area contributed by atoms with Gasteiger partial charge < -0.3 is 10.2 Å². The summed E-state index contributed by atoms with van der Waals surface area (Å²) in [4.78, 5) is 2.18. The van der Waals surface area contributed by atoms with Crippen LogP contribution in [0.25, 0.3) is 0 Å². The Balaban J connectivity index is 2.48. The van der Waals surface area contributed by atoms with Crippen LogP contribution in [0.2, 0.25) is 5.02 Å². The van der Waals surface area contributed by atoms with Crippen LogP contribution in [0, 0.1) is 6.92 Å². The van der Waals surface area contributed by atoms with Crippen molar-refractivity contribution in [3.05, 3.63) is 34.3 Å². The topological polar surface area (TPSA) is 15.3 Å². The molecule has 1 N–H and O–H groups in total. The van der Waals surface area contributed by atoms with E-state index in [4.69, 9.17) is 11.6 Å². The Hall–Kier alpha value is -0.570. The molecule has 0 radical (unpaired) electrons. The van der Waals surface area contributed by atoms with Crippen molar-refractivity contribution in [2.24, 2.45) is 0 Å². The van der Waals surface area contributed by atoms with E-state index >= 15 is 0 Å². The van der Waals surface area contributed by atoms with E-state index < -0.39 is 0 Å². The normalized spacial score (nSPS) is 13.1. The number of hydrogen-bond donors (Lipinski definition) is 1. The third-order valence-corrected chi connectivity index (χ3v) is 2.61. The predicted molar refractivity (Wildman–Crippen MR) is 71.0 cm³/mol. The largest absolute Gasteiger partial charge is 0.309 e. The molecule has 0 aliphatic heterocycles. The van der Waals surface area contributed by atoms with Crippen molar-refractivity contribution in [3.8, 4) is 0 Å². The summed E-state index contributed by atoms with van der Waals surface area (Å²) in [6.07, 6.45) is 0. The van der Waals surface area contributed by atoms with Gasteiger partial charge in [0, 0.05) is 24.2 Å². The number of nitrogens with zero attached hydrogens (tertiary/aromatic N) is 1. The van der Waals surface area contributed by atoms with Gasteiger partial charge in [-0.2, -0.15) is 0 Å². The second-order valence-electron chi connectivity index (χ2n) is 4.68. The van der Waals surface area contributed by atoms with Crippen molar-refractivity contribution in [2.45, 2.75) is 26.4 Å². The van der Waals surface area contributed by atoms with Crippen LogP contribution in [0.3, 0.4) is 0 Å². The zero-order chi connectivity index (χ0) is 12.1. The SMILES string of the molecule is Cc1cc(Cl)cc(CNC(C)CN(C)C)c1. The first-order valence-electron chi connectivity index (χ1n) is 5.61. The third kappa shape index (κ3) is 4.97. The summed E-state index contributed by atoms with van der Waals surface area (Å²) in [6.45, 7) is 6.17. The summed E-state index contributed by atoms with van der Waals surface area (Å²) in [6, 6.07) is 6.65. The fraction of sp³-hybridized carbons (Fsp3) is 0.538. The van der Waals surface area contributed by atoms with E-state index in [0.717, 1.165) is 18.1 Å². The molecule has 0 aliphatic carbocycles. The van der Waals surface area contributed by atoms with Crippen LogP contribution in [-0.4, -0.2) is 31.6 Å². The van der Waals surface area contributed by atoms with Gasteiger partial charge in [0.25, 0.3) is 0 Å². The quantitative estimate of drug-likeness (QED) is 0.852. The smallest absolute Gasteiger partial charge is 0.0411 e. The van der Waals surface area contributed by atoms with Gasteiger partial charge in [-0.15, -0.1) is 0 Å². The Morgan fingerprint density at radius 2 is 2.00 bits per heavy atom. The fourth-order valence-corrected chi connectivity index (χ4v) is 2.13. The van der Waals surface area contributed by atoms with Crippen LogP contribution in [-0.2, 0) is 6.54 Å². The van der Waals surface area contributed by atoms with Gasteiger partial charge in [-0.1, -0.05) is 17.7 Å². The van der Waals surface area contributed by atoms with Crippen molar-refractivity contribution < 1.29 is 0 Å². The highest BCUT2D eigenvalue weighted by atomic mass is 35.5. The molecule has 0 bridgehead atoms. The van der Waals surface area contributed by atoms with Gasteiger partial charge in [-0.05, 0) is 51.2 Å². The maximum atomic E-state index is 6.01.